The van der Waals surface area contributed by atoms with E-state index in [-0.39, 0.29) is 18.8 Å². The fourth-order valence-corrected chi connectivity index (χ4v) is 2.42. The number of carboxylic acids is 1. The van der Waals surface area contributed by atoms with Gasteiger partial charge in [-0.25, -0.2) is 0 Å². The molecule has 1 heterocycles. The summed E-state index contributed by atoms with van der Waals surface area (Å²) in [7, 11) is 0. The first-order chi connectivity index (χ1) is 8.83. The number of alkyl halides is 3. The van der Waals surface area contributed by atoms with Crippen molar-refractivity contribution in [2.45, 2.75) is 31.0 Å². The molecule has 20 heavy (non-hydrogen) atoms. The van der Waals surface area contributed by atoms with E-state index in [0.717, 1.165) is 12.1 Å². The minimum atomic E-state index is -4.41. The molecule has 0 saturated carbocycles. The Hall–Kier alpha value is -1.27. The number of carbonyl (C=O) groups is 1. The molecular formula is C13H15ClF3NO2. The second kappa shape index (κ2) is 6.01. The number of carboxylic acid groups (broad SMARTS) is 1. The van der Waals surface area contributed by atoms with Crippen LogP contribution in [0.25, 0.3) is 0 Å². The van der Waals surface area contributed by atoms with Gasteiger partial charge in [0.15, 0.2) is 0 Å². The van der Waals surface area contributed by atoms with E-state index in [4.69, 9.17) is 0 Å². The summed E-state index contributed by atoms with van der Waals surface area (Å²) in [6.07, 6.45) is -3.20. The molecule has 1 aromatic carbocycles. The van der Waals surface area contributed by atoms with Gasteiger partial charge < -0.3 is 10.4 Å². The number of hydrogen-bond donors (Lipinski definition) is 2. The van der Waals surface area contributed by atoms with Crippen molar-refractivity contribution in [3.8, 4) is 0 Å². The molecule has 0 amide bonds. The molecule has 1 aliphatic rings. The van der Waals surface area contributed by atoms with Gasteiger partial charge in [0.05, 0.1) is 5.56 Å². The Labute approximate surface area is 120 Å². The first-order valence-electron chi connectivity index (χ1n) is 5.98. The van der Waals surface area contributed by atoms with Gasteiger partial charge in [0.25, 0.3) is 0 Å². The van der Waals surface area contributed by atoms with Crippen LogP contribution in [0.4, 0.5) is 13.2 Å². The highest BCUT2D eigenvalue weighted by atomic mass is 35.5. The van der Waals surface area contributed by atoms with Gasteiger partial charge in [0.1, 0.15) is 5.54 Å². The Kier molecular flexibility index (Phi) is 5.05. The van der Waals surface area contributed by atoms with Gasteiger partial charge in [-0.3, -0.25) is 4.79 Å². The molecule has 1 aliphatic heterocycles. The predicted molar refractivity (Wildman–Crippen MR) is 70.0 cm³/mol. The zero-order chi connectivity index (χ0) is 14.1. The third kappa shape index (κ3) is 3.43. The fraction of sp³-hybridized carbons (Fsp3) is 0.462. The van der Waals surface area contributed by atoms with E-state index in [1.54, 1.807) is 0 Å². The molecule has 0 bridgehead atoms. The summed E-state index contributed by atoms with van der Waals surface area (Å²) in [6, 6.07) is 4.84. The number of aliphatic carboxylic acids is 1. The van der Waals surface area contributed by atoms with E-state index in [9.17, 15) is 23.1 Å². The first-order valence-corrected chi connectivity index (χ1v) is 5.98. The Morgan fingerprint density at radius 2 is 2.10 bits per heavy atom. The highest BCUT2D eigenvalue weighted by Crippen LogP contribution is 2.31. The second-order valence-electron chi connectivity index (χ2n) is 4.79. The maximum absolute atomic E-state index is 12.6. The molecule has 1 saturated heterocycles. The van der Waals surface area contributed by atoms with Crippen LogP contribution in [0.5, 0.6) is 0 Å². The van der Waals surface area contributed by atoms with Crippen LogP contribution in [0, 0.1) is 0 Å². The van der Waals surface area contributed by atoms with E-state index in [0.29, 0.717) is 24.9 Å². The third-order valence-corrected chi connectivity index (χ3v) is 3.41. The van der Waals surface area contributed by atoms with Crippen LogP contribution >= 0.6 is 12.4 Å². The highest BCUT2D eigenvalue weighted by molar-refractivity contribution is 5.85. The lowest BCUT2D eigenvalue weighted by Gasteiger charge is -2.24. The van der Waals surface area contributed by atoms with E-state index < -0.39 is 23.2 Å². The summed E-state index contributed by atoms with van der Waals surface area (Å²) in [5, 5.41) is 12.2. The van der Waals surface area contributed by atoms with Gasteiger partial charge in [-0.15, -0.1) is 12.4 Å². The quantitative estimate of drug-likeness (QED) is 0.902. The van der Waals surface area contributed by atoms with Crippen molar-refractivity contribution in [3.63, 3.8) is 0 Å². The Bertz CT molecular complexity index is 485. The van der Waals surface area contributed by atoms with Crippen LogP contribution in [0.2, 0.25) is 0 Å². The predicted octanol–water partition coefficient (Wildman–Crippen LogP) is 2.88. The van der Waals surface area contributed by atoms with E-state index in [1.165, 1.54) is 12.1 Å². The summed E-state index contributed by atoms with van der Waals surface area (Å²) in [5.74, 6) is -1.01. The van der Waals surface area contributed by atoms with Gasteiger partial charge in [-0.2, -0.15) is 13.2 Å². The molecular weight excluding hydrogens is 295 g/mol. The molecule has 1 fully saturated rings. The summed E-state index contributed by atoms with van der Waals surface area (Å²) in [6.45, 7) is 0.575. The monoisotopic (exact) mass is 309 g/mol. The topological polar surface area (TPSA) is 49.3 Å². The van der Waals surface area contributed by atoms with Crippen LogP contribution in [0.15, 0.2) is 24.3 Å². The summed E-state index contributed by atoms with van der Waals surface area (Å²) in [4.78, 5) is 11.3. The van der Waals surface area contributed by atoms with Gasteiger partial charge in [0.2, 0.25) is 0 Å². The smallest absolute Gasteiger partial charge is 0.416 e. The number of nitrogens with one attached hydrogen (secondary N) is 1. The van der Waals surface area contributed by atoms with E-state index in [1.807, 2.05) is 0 Å². The lowest BCUT2D eigenvalue weighted by Crippen LogP contribution is -2.49. The number of hydrogen-bond acceptors (Lipinski definition) is 2. The molecule has 0 aliphatic carbocycles. The Balaban J connectivity index is 0.00000200. The normalized spacial score (nSPS) is 22.4. The van der Waals surface area contributed by atoms with Crippen molar-refractivity contribution >= 4 is 18.4 Å². The largest absolute Gasteiger partial charge is 0.480 e. The number of halogens is 4. The average molecular weight is 310 g/mol. The van der Waals surface area contributed by atoms with Crippen molar-refractivity contribution in [3.05, 3.63) is 35.4 Å². The SMILES string of the molecule is Cl.O=C(O)[C@]1(Cc2cccc(C(F)(F)F)c2)CCCN1. The van der Waals surface area contributed by atoms with Crippen molar-refractivity contribution in [1.29, 1.82) is 0 Å². The van der Waals surface area contributed by atoms with E-state index >= 15 is 0 Å². The van der Waals surface area contributed by atoms with Crippen molar-refractivity contribution in [1.82, 2.24) is 5.32 Å². The molecule has 0 aromatic heterocycles. The molecule has 1 aromatic rings. The van der Waals surface area contributed by atoms with Crippen LogP contribution < -0.4 is 5.32 Å². The minimum Gasteiger partial charge on any atom is -0.480 e. The lowest BCUT2D eigenvalue weighted by atomic mass is 9.89. The maximum Gasteiger partial charge on any atom is 0.416 e. The number of rotatable bonds is 3. The Morgan fingerprint density at radius 1 is 1.40 bits per heavy atom. The van der Waals surface area contributed by atoms with Gasteiger partial charge in [0, 0.05) is 6.42 Å². The second-order valence-corrected chi connectivity index (χ2v) is 4.79. The first kappa shape index (κ1) is 16.8. The molecule has 3 nitrogen and oxygen atoms in total. The molecule has 7 heteroatoms. The zero-order valence-corrected chi connectivity index (χ0v) is 11.4. The molecule has 2 N–H and O–H groups in total. The molecule has 0 unspecified atom stereocenters. The maximum atomic E-state index is 12.6. The van der Waals surface area contributed by atoms with Gasteiger partial charge in [-0.1, -0.05) is 18.2 Å². The molecule has 112 valence electrons. The minimum absolute atomic E-state index is 0. The van der Waals surface area contributed by atoms with Crippen LogP contribution in [-0.2, 0) is 17.4 Å². The number of benzene rings is 1. The van der Waals surface area contributed by atoms with Crippen molar-refractivity contribution < 1.29 is 23.1 Å². The Morgan fingerprint density at radius 3 is 2.60 bits per heavy atom. The third-order valence-electron chi connectivity index (χ3n) is 3.41. The summed E-state index contributed by atoms with van der Waals surface area (Å²) in [5.41, 5.74) is -1.50. The van der Waals surface area contributed by atoms with Gasteiger partial charge in [-0.05, 0) is 31.0 Å². The molecule has 2 rings (SSSR count). The van der Waals surface area contributed by atoms with Crippen LogP contribution in [0.1, 0.15) is 24.0 Å². The van der Waals surface area contributed by atoms with Crippen LogP contribution in [-0.4, -0.2) is 23.2 Å². The lowest BCUT2D eigenvalue weighted by molar-refractivity contribution is -0.144. The summed E-state index contributed by atoms with van der Waals surface area (Å²) < 4.78 is 37.8. The standard InChI is InChI=1S/C13H14F3NO2.ClH/c14-13(15,16)10-4-1-3-9(7-10)8-12(11(18)19)5-2-6-17-12;/h1,3-4,7,17H,2,5-6,8H2,(H,18,19);1H/t12-;/m1./s1. The van der Waals surface area contributed by atoms with Crippen LogP contribution in [0.3, 0.4) is 0 Å². The fourth-order valence-electron chi connectivity index (χ4n) is 2.42. The molecule has 0 radical (unpaired) electrons. The highest BCUT2D eigenvalue weighted by Gasteiger charge is 2.41. The average Bonchev–Trinajstić information content (AvgIpc) is 2.78. The summed E-state index contributed by atoms with van der Waals surface area (Å²) >= 11 is 0. The van der Waals surface area contributed by atoms with Crippen molar-refractivity contribution in [2.75, 3.05) is 6.54 Å². The zero-order valence-electron chi connectivity index (χ0n) is 10.5. The molecule has 1 atom stereocenters. The van der Waals surface area contributed by atoms with Crippen molar-refractivity contribution in [2.24, 2.45) is 0 Å². The van der Waals surface area contributed by atoms with Gasteiger partial charge >= 0.3 is 12.1 Å². The molecule has 0 spiro atoms. The van der Waals surface area contributed by atoms with E-state index in [2.05, 4.69) is 5.32 Å².